The molecule has 0 aliphatic carbocycles. The number of hydrogen-bond acceptors (Lipinski definition) is 4. The molecule has 0 saturated heterocycles. The number of hydrogen-bond donors (Lipinski definition) is 2. The Labute approximate surface area is 122 Å². The molecule has 0 aromatic carbocycles. The lowest BCUT2D eigenvalue weighted by molar-refractivity contribution is -0.144. The Balaban J connectivity index is 3.00. The highest BCUT2D eigenvalue weighted by atomic mass is 16.4. The van der Waals surface area contributed by atoms with Crippen LogP contribution in [0.25, 0.3) is 0 Å². The van der Waals surface area contributed by atoms with Crippen LogP contribution in [0.4, 0.5) is 0 Å². The Morgan fingerprint density at radius 2 is 1.95 bits per heavy atom. The van der Waals surface area contributed by atoms with Gasteiger partial charge in [0.05, 0.1) is 12.7 Å². The first-order valence-corrected chi connectivity index (χ1v) is 6.62. The summed E-state index contributed by atoms with van der Waals surface area (Å²) in [6, 6.07) is 1.85. The normalized spacial score (nSPS) is 12.1. The molecule has 0 aliphatic rings. The summed E-state index contributed by atoms with van der Waals surface area (Å²) in [5, 5.41) is 18.1. The molecule has 7 heteroatoms. The Morgan fingerprint density at radius 1 is 1.29 bits per heavy atom. The summed E-state index contributed by atoms with van der Waals surface area (Å²) < 4.78 is 4.99. The van der Waals surface area contributed by atoms with Crippen molar-refractivity contribution in [2.45, 2.75) is 32.7 Å². The van der Waals surface area contributed by atoms with E-state index in [1.807, 2.05) is 13.8 Å². The number of amides is 1. The minimum Gasteiger partial charge on any atom is -0.481 e. The van der Waals surface area contributed by atoms with Gasteiger partial charge in [0.2, 0.25) is 0 Å². The van der Waals surface area contributed by atoms with E-state index in [0.29, 0.717) is 0 Å². The predicted molar refractivity (Wildman–Crippen MR) is 72.9 cm³/mol. The molecule has 0 fully saturated rings. The Hall–Kier alpha value is -2.31. The van der Waals surface area contributed by atoms with Gasteiger partial charge in [-0.1, -0.05) is 13.8 Å². The van der Waals surface area contributed by atoms with Crippen molar-refractivity contribution in [2.24, 2.45) is 5.92 Å². The summed E-state index contributed by atoms with van der Waals surface area (Å²) in [4.78, 5) is 35.5. The predicted octanol–water partition coefficient (Wildman–Crippen LogP) is 1.70. The van der Waals surface area contributed by atoms with E-state index in [2.05, 4.69) is 0 Å². The smallest absolute Gasteiger partial charge is 0.326 e. The molecule has 0 aliphatic heterocycles. The first-order valence-electron chi connectivity index (χ1n) is 6.62. The SMILES string of the molecule is CC(C)CC(C(=O)O)N(CCC(=O)O)C(=O)c1ccco1. The van der Waals surface area contributed by atoms with E-state index in [4.69, 9.17) is 9.52 Å². The number of carbonyl (C=O) groups excluding carboxylic acids is 1. The number of furan rings is 1. The summed E-state index contributed by atoms with van der Waals surface area (Å²) in [6.07, 6.45) is 1.22. The molecule has 0 radical (unpaired) electrons. The molecule has 1 atom stereocenters. The molecular weight excluding hydrogens is 278 g/mol. The molecule has 1 amide bonds. The number of rotatable bonds is 8. The molecule has 2 N–H and O–H groups in total. The van der Waals surface area contributed by atoms with Gasteiger partial charge in [-0.15, -0.1) is 0 Å². The largest absolute Gasteiger partial charge is 0.481 e. The monoisotopic (exact) mass is 297 g/mol. The molecule has 116 valence electrons. The van der Waals surface area contributed by atoms with Gasteiger partial charge in [0, 0.05) is 6.54 Å². The maximum Gasteiger partial charge on any atom is 0.326 e. The van der Waals surface area contributed by atoms with Crippen LogP contribution in [-0.2, 0) is 9.59 Å². The number of carbonyl (C=O) groups is 3. The van der Waals surface area contributed by atoms with E-state index in [-0.39, 0.29) is 31.1 Å². The standard InChI is InChI=1S/C14H19NO6/c1-9(2)8-10(14(19)20)15(6-5-12(16)17)13(18)11-4-3-7-21-11/h3-4,7,9-10H,5-6,8H2,1-2H3,(H,16,17)(H,19,20). The molecule has 1 aromatic heterocycles. The third kappa shape index (κ3) is 4.94. The maximum atomic E-state index is 12.3. The fourth-order valence-corrected chi connectivity index (χ4v) is 1.96. The second-order valence-corrected chi connectivity index (χ2v) is 5.10. The van der Waals surface area contributed by atoms with Gasteiger partial charge in [-0.3, -0.25) is 9.59 Å². The van der Waals surface area contributed by atoms with E-state index >= 15 is 0 Å². The summed E-state index contributed by atoms with van der Waals surface area (Å²) >= 11 is 0. The van der Waals surface area contributed by atoms with Crippen LogP contribution < -0.4 is 0 Å². The molecule has 0 bridgehead atoms. The summed E-state index contributed by atoms with van der Waals surface area (Å²) in [6.45, 7) is 3.49. The second-order valence-electron chi connectivity index (χ2n) is 5.10. The van der Waals surface area contributed by atoms with E-state index in [1.165, 1.54) is 18.4 Å². The van der Waals surface area contributed by atoms with Crippen molar-refractivity contribution in [3.63, 3.8) is 0 Å². The number of carboxylic acid groups (broad SMARTS) is 2. The second kappa shape index (κ2) is 7.47. The van der Waals surface area contributed by atoms with Gasteiger partial charge in [-0.2, -0.15) is 0 Å². The third-order valence-corrected chi connectivity index (χ3v) is 2.92. The maximum absolute atomic E-state index is 12.3. The Morgan fingerprint density at radius 3 is 2.38 bits per heavy atom. The molecule has 1 unspecified atom stereocenters. The van der Waals surface area contributed by atoms with Gasteiger partial charge in [-0.25, -0.2) is 4.79 Å². The van der Waals surface area contributed by atoms with Crippen LogP contribution in [0.15, 0.2) is 22.8 Å². The van der Waals surface area contributed by atoms with Gasteiger partial charge in [0.25, 0.3) is 5.91 Å². The summed E-state index contributed by atoms with van der Waals surface area (Å²) in [7, 11) is 0. The van der Waals surface area contributed by atoms with Crippen LogP contribution in [-0.4, -0.2) is 45.5 Å². The van der Waals surface area contributed by atoms with E-state index < -0.39 is 23.9 Å². The lowest BCUT2D eigenvalue weighted by atomic mass is 10.0. The summed E-state index contributed by atoms with van der Waals surface area (Å²) in [5.41, 5.74) is 0. The molecule has 0 spiro atoms. The fraction of sp³-hybridized carbons (Fsp3) is 0.500. The van der Waals surface area contributed by atoms with Crippen molar-refractivity contribution >= 4 is 17.8 Å². The topological polar surface area (TPSA) is 108 Å². The minimum absolute atomic E-state index is 0.00426. The van der Waals surface area contributed by atoms with Crippen molar-refractivity contribution in [3.8, 4) is 0 Å². The molecular formula is C14H19NO6. The summed E-state index contributed by atoms with van der Waals surface area (Å²) in [5.74, 6) is -2.83. The molecule has 1 aromatic rings. The molecule has 21 heavy (non-hydrogen) atoms. The van der Waals surface area contributed by atoms with Crippen LogP contribution in [0, 0.1) is 5.92 Å². The Bertz CT molecular complexity index is 494. The highest BCUT2D eigenvalue weighted by Gasteiger charge is 2.32. The lowest BCUT2D eigenvalue weighted by Gasteiger charge is -2.29. The lowest BCUT2D eigenvalue weighted by Crippen LogP contribution is -2.46. The van der Waals surface area contributed by atoms with Gasteiger partial charge in [0.1, 0.15) is 6.04 Å². The van der Waals surface area contributed by atoms with Gasteiger partial charge in [0.15, 0.2) is 5.76 Å². The zero-order valence-corrected chi connectivity index (χ0v) is 12.0. The number of carboxylic acids is 2. The number of aliphatic carboxylic acids is 2. The van der Waals surface area contributed by atoms with Crippen molar-refractivity contribution in [1.29, 1.82) is 0 Å². The zero-order valence-electron chi connectivity index (χ0n) is 12.0. The average Bonchev–Trinajstić information content (AvgIpc) is 2.90. The van der Waals surface area contributed by atoms with Gasteiger partial charge < -0.3 is 19.5 Å². The molecule has 7 nitrogen and oxygen atoms in total. The van der Waals surface area contributed by atoms with Gasteiger partial charge in [-0.05, 0) is 24.5 Å². The van der Waals surface area contributed by atoms with Crippen LogP contribution in [0.2, 0.25) is 0 Å². The van der Waals surface area contributed by atoms with Crippen LogP contribution in [0.5, 0.6) is 0 Å². The van der Waals surface area contributed by atoms with Crippen LogP contribution in [0.3, 0.4) is 0 Å². The van der Waals surface area contributed by atoms with E-state index in [1.54, 1.807) is 0 Å². The highest BCUT2D eigenvalue weighted by molar-refractivity contribution is 5.94. The van der Waals surface area contributed by atoms with Gasteiger partial charge >= 0.3 is 11.9 Å². The molecule has 1 rings (SSSR count). The quantitative estimate of drug-likeness (QED) is 0.756. The van der Waals surface area contributed by atoms with Crippen LogP contribution >= 0.6 is 0 Å². The van der Waals surface area contributed by atoms with Crippen molar-refractivity contribution < 1.29 is 29.0 Å². The molecule has 1 heterocycles. The highest BCUT2D eigenvalue weighted by Crippen LogP contribution is 2.16. The first kappa shape index (κ1) is 16.7. The zero-order chi connectivity index (χ0) is 16.0. The van der Waals surface area contributed by atoms with Crippen molar-refractivity contribution in [3.05, 3.63) is 24.2 Å². The fourth-order valence-electron chi connectivity index (χ4n) is 1.96. The van der Waals surface area contributed by atoms with Crippen LogP contribution in [0.1, 0.15) is 37.2 Å². The first-order chi connectivity index (χ1) is 9.82. The van der Waals surface area contributed by atoms with E-state index in [9.17, 15) is 19.5 Å². The van der Waals surface area contributed by atoms with E-state index in [0.717, 1.165) is 4.90 Å². The van der Waals surface area contributed by atoms with Crippen molar-refractivity contribution in [1.82, 2.24) is 4.90 Å². The third-order valence-electron chi connectivity index (χ3n) is 2.92. The Kier molecular flexibility index (Phi) is 5.95. The molecule has 0 saturated carbocycles. The number of nitrogens with zero attached hydrogens (tertiary/aromatic N) is 1. The average molecular weight is 297 g/mol. The van der Waals surface area contributed by atoms with Crippen molar-refractivity contribution in [2.75, 3.05) is 6.54 Å². The minimum atomic E-state index is -1.16.